The van der Waals surface area contributed by atoms with Crippen molar-refractivity contribution in [1.29, 1.82) is 0 Å². The second-order valence-corrected chi connectivity index (χ2v) is 3.94. The highest BCUT2D eigenvalue weighted by molar-refractivity contribution is 5.92. The van der Waals surface area contributed by atoms with Crippen LogP contribution < -0.4 is 10.4 Å². The van der Waals surface area contributed by atoms with Gasteiger partial charge in [-0.2, -0.15) is 0 Å². The van der Waals surface area contributed by atoms with E-state index < -0.39 is 0 Å². The third-order valence-electron chi connectivity index (χ3n) is 3.06. The normalized spacial score (nSPS) is 9.71. The maximum absolute atomic E-state index is 4.12. The first-order valence-electron chi connectivity index (χ1n) is 5.48. The zero-order valence-corrected chi connectivity index (χ0v) is 10.0. The molecular weight excluding hydrogens is 204 g/mol. The van der Waals surface area contributed by atoms with Crippen LogP contribution in [0.4, 0.5) is 0 Å². The van der Waals surface area contributed by atoms with Gasteiger partial charge in [0.05, 0.1) is 0 Å². The van der Waals surface area contributed by atoms with E-state index in [1.165, 1.54) is 5.39 Å². The Labute approximate surface area is 101 Å². The lowest BCUT2D eigenvalue weighted by Gasteiger charge is -2.07. The van der Waals surface area contributed by atoms with Crippen LogP contribution in [0, 0.1) is 6.92 Å². The molecule has 0 aliphatic rings. The summed E-state index contributed by atoms with van der Waals surface area (Å²) in [7, 11) is 0. The largest absolute Gasteiger partial charge is 0.0984 e. The molecule has 17 heavy (non-hydrogen) atoms. The second kappa shape index (κ2) is 4.31. The van der Waals surface area contributed by atoms with Crippen molar-refractivity contribution in [2.75, 3.05) is 0 Å². The molecular formula is C17H14. The van der Waals surface area contributed by atoms with E-state index >= 15 is 0 Å². The predicted octanol–water partition coefficient (Wildman–Crippen LogP) is 2.92. The fourth-order valence-corrected chi connectivity index (χ4v) is 2.14. The lowest BCUT2D eigenvalue weighted by atomic mass is 9.96. The van der Waals surface area contributed by atoms with Gasteiger partial charge in [-0.05, 0) is 40.6 Å². The Morgan fingerprint density at radius 3 is 2.41 bits per heavy atom. The van der Waals surface area contributed by atoms with Crippen molar-refractivity contribution in [3.05, 3.63) is 64.7 Å². The van der Waals surface area contributed by atoms with Gasteiger partial charge in [0.1, 0.15) is 0 Å². The molecule has 0 unspecified atom stereocenters. The Hall–Kier alpha value is -2.26. The SMILES string of the molecule is C=C=C=c1c(=C)c(C)c(C=C)c2ccccc12. The molecule has 2 aromatic carbocycles. The Morgan fingerprint density at radius 1 is 1.18 bits per heavy atom. The Balaban J connectivity index is 3.32. The van der Waals surface area contributed by atoms with Crippen LogP contribution in [0.1, 0.15) is 11.1 Å². The smallest absolute Gasteiger partial charge is 0.0396 e. The minimum absolute atomic E-state index is 0.967. The van der Waals surface area contributed by atoms with E-state index in [-0.39, 0.29) is 0 Å². The zero-order chi connectivity index (χ0) is 12.4. The molecule has 0 aromatic heterocycles. The first kappa shape index (κ1) is 11.2. The Bertz CT molecular complexity index is 766. The molecule has 0 amide bonds. The molecule has 0 saturated heterocycles. The highest BCUT2D eigenvalue weighted by atomic mass is 14.1. The van der Waals surface area contributed by atoms with Gasteiger partial charge >= 0.3 is 0 Å². The zero-order valence-electron chi connectivity index (χ0n) is 10.0. The summed E-state index contributed by atoms with van der Waals surface area (Å²) >= 11 is 0. The molecule has 0 saturated carbocycles. The molecule has 0 atom stereocenters. The van der Waals surface area contributed by atoms with E-state index in [0.29, 0.717) is 0 Å². The van der Waals surface area contributed by atoms with Crippen LogP contribution in [-0.4, -0.2) is 0 Å². The van der Waals surface area contributed by atoms with E-state index in [4.69, 9.17) is 0 Å². The molecule has 0 N–H and O–H groups in total. The van der Waals surface area contributed by atoms with Crippen molar-refractivity contribution >= 4 is 29.2 Å². The quantitative estimate of drug-likeness (QED) is 0.646. The average Bonchev–Trinajstić information content (AvgIpc) is 2.35. The van der Waals surface area contributed by atoms with Crippen molar-refractivity contribution < 1.29 is 0 Å². The Kier molecular flexibility index (Phi) is 2.85. The molecule has 0 heterocycles. The van der Waals surface area contributed by atoms with E-state index in [1.807, 2.05) is 18.2 Å². The highest BCUT2D eigenvalue weighted by Crippen LogP contribution is 2.17. The fraction of sp³-hybridized carbons (Fsp3) is 0.0588. The monoisotopic (exact) mass is 218 g/mol. The standard InChI is InChI=1S/C17H14/c1-5-9-15-13(4)12(3)14(6-2)16-10-7-8-11-17(15)16/h6-8,10-11H,1-2,4H2,3H3. The summed E-state index contributed by atoms with van der Waals surface area (Å²) in [6.45, 7) is 13.6. The van der Waals surface area contributed by atoms with Crippen LogP contribution in [0.2, 0.25) is 0 Å². The summed E-state index contributed by atoms with van der Waals surface area (Å²) in [5.41, 5.74) is 8.04. The lowest BCUT2D eigenvalue weighted by molar-refractivity contribution is 1.40. The molecule has 0 spiro atoms. The molecule has 0 aliphatic carbocycles. The van der Waals surface area contributed by atoms with Crippen LogP contribution in [0.3, 0.4) is 0 Å². The van der Waals surface area contributed by atoms with Gasteiger partial charge in [0, 0.05) is 5.22 Å². The fourth-order valence-electron chi connectivity index (χ4n) is 2.14. The van der Waals surface area contributed by atoms with Crippen LogP contribution >= 0.6 is 0 Å². The second-order valence-electron chi connectivity index (χ2n) is 3.94. The maximum atomic E-state index is 4.12. The van der Waals surface area contributed by atoms with Crippen LogP contribution in [0.5, 0.6) is 0 Å². The minimum Gasteiger partial charge on any atom is -0.0984 e. The van der Waals surface area contributed by atoms with Crippen molar-refractivity contribution in [3.63, 3.8) is 0 Å². The molecule has 0 heteroatoms. The van der Waals surface area contributed by atoms with Gasteiger partial charge in [0.25, 0.3) is 0 Å². The minimum atomic E-state index is 0.967. The summed E-state index contributed by atoms with van der Waals surface area (Å²) in [6, 6.07) is 8.19. The van der Waals surface area contributed by atoms with E-state index in [2.05, 4.69) is 50.3 Å². The summed E-state index contributed by atoms with van der Waals surface area (Å²) in [4.78, 5) is 0. The maximum Gasteiger partial charge on any atom is 0.0396 e. The van der Waals surface area contributed by atoms with Gasteiger partial charge in [-0.1, -0.05) is 55.0 Å². The molecule has 0 nitrogen and oxygen atoms in total. The summed E-state index contributed by atoms with van der Waals surface area (Å²) < 4.78 is 0. The van der Waals surface area contributed by atoms with Crippen molar-refractivity contribution in [2.45, 2.75) is 6.92 Å². The van der Waals surface area contributed by atoms with Crippen LogP contribution in [-0.2, 0) is 0 Å². The third kappa shape index (κ3) is 1.66. The first-order valence-corrected chi connectivity index (χ1v) is 5.48. The molecule has 2 aromatic rings. The number of fused-ring (bicyclic) bond motifs is 1. The average molecular weight is 218 g/mol. The molecule has 2 rings (SSSR count). The number of benzene rings is 2. The molecule has 0 aliphatic heterocycles. The van der Waals surface area contributed by atoms with Gasteiger partial charge < -0.3 is 0 Å². The molecule has 0 radical (unpaired) electrons. The first-order chi connectivity index (χ1) is 8.20. The van der Waals surface area contributed by atoms with Crippen molar-refractivity contribution in [3.8, 4) is 0 Å². The molecule has 0 bridgehead atoms. The highest BCUT2D eigenvalue weighted by Gasteiger charge is 2.04. The molecule has 0 fully saturated rings. The van der Waals surface area contributed by atoms with Crippen molar-refractivity contribution in [2.24, 2.45) is 0 Å². The predicted molar refractivity (Wildman–Crippen MR) is 76.1 cm³/mol. The lowest BCUT2D eigenvalue weighted by Crippen LogP contribution is -2.27. The summed E-state index contributed by atoms with van der Waals surface area (Å²) in [5.74, 6) is 0. The van der Waals surface area contributed by atoms with Gasteiger partial charge in [-0.3, -0.25) is 0 Å². The topological polar surface area (TPSA) is 0 Å². The summed E-state index contributed by atoms with van der Waals surface area (Å²) in [5, 5.41) is 4.23. The summed E-state index contributed by atoms with van der Waals surface area (Å²) in [6.07, 6.45) is 1.88. The van der Waals surface area contributed by atoms with Gasteiger partial charge in [0.2, 0.25) is 0 Å². The van der Waals surface area contributed by atoms with Crippen LogP contribution in [0.25, 0.3) is 29.2 Å². The Morgan fingerprint density at radius 2 is 1.82 bits per heavy atom. The number of rotatable bonds is 1. The van der Waals surface area contributed by atoms with Gasteiger partial charge in [-0.25, -0.2) is 0 Å². The van der Waals surface area contributed by atoms with Gasteiger partial charge in [-0.15, -0.1) is 0 Å². The van der Waals surface area contributed by atoms with E-state index in [1.54, 1.807) is 0 Å². The van der Waals surface area contributed by atoms with Crippen LogP contribution in [0.15, 0.2) is 43.2 Å². The number of hydrogen-bond acceptors (Lipinski definition) is 0. The third-order valence-corrected chi connectivity index (χ3v) is 3.06. The van der Waals surface area contributed by atoms with Crippen molar-refractivity contribution in [1.82, 2.24) is 0 Å². The van der Waals surface area contributed by atoms with E-state index in [9.17, 15) is 0 Å². The molecule has 82 valence electrons. The van der Waals surface area contributed by atoms with Gasteiger partial charge in [0.15, 0.2) is 0 Å². The van der Waals surface area contributed by atoms with E-state index in [0.717, 1.165) is 27.0 Å². The number of hydrogen-bond donors (Lipinski definition) is 0.